The first-order valence-electron chi connectivity index (χ1n) is 8.64. The summed E-state index contributed by atoms with van der Waals surface area (Å²) in [5.74, 6) is 1.05. The van der Waals surface area contributed by atoms with E-state index in [2.05, 4.69) is 4.90 Å². The number of rotatable bonds is 2. The van der Waals surface area contributed by atoms with Crippen LogP contribution in [0.1, 0.15) is 27.9 Å². The minimum Gasteiger partial charge on any atom is -0.493 e. The van der Waals surface area contributed by atoms with E-state index in [9.17, 15) is 15.0 Å². The smallest absolute Gasteiger partial charge is 0.166 e. The molecule has 0 saturated carbocycles. The highest BCUT2D eigenvalue weighted by molar-refractivity contribution is 5.83. The number of hydrogen-bond acceptors (Lipinski definition) is 6. The topological polar surface area (TPSA) is 79.2 Å². The maximum atomic E-state index is 11.8. The molecule has 6 heteroatoms. The lowest BCUT2D eigenvalue weighted by Crippen LogP contribution is -2.75. The highest BCUT2D eigenvalue weighted by atomic mass is 16.5. The van der Waals surface area contributed by atoms with Crippen LogP contribution in [0.25, 0.3) is 0 Å². The van der Waals surface area contributed by atoms with E-state index in [0.29, 0.717) is 29.9 Å². The van der Waals surface area contributed by atoms with Crippen molar-refractivity contribution < 1.29 is 24.5 Å². The summed E-state index contributed by atoms with van der Waals surface area (Å²) in [6.45, 7) is 0.792. The Kier molecular flexibility index (Phi) is 2.85. The molecule has 0 radical (unpaired) electrons. The molecule has 2 N–H and O–H groups in total. The van der Waals surface area contributed by atoms with Gasteiger partial charge in [0.25, 0.3) is 0 Å². The van der Waals surface area contributed by atoms with Crippen molar-refractivity contribution in [2.24, 2.45) is 0 Å². The van der Waals surface area contributed by atoms with Crippen molar-refractivity contribution in [1.29, 1.82) is 0 Å². The second-order valence-corrected chi connectivity index (χ2v) is 7.60. The summed E-state index contributed by atoms with van der Waals surface area (Å²) in [5.41, 5.74) is 0.444. The van der Waals surface area contributed by atoms with Crippen LogP contribution in [0.3, 0.4) is 0 Å². The molecule has 0 unspecified atom stereocenters. The third kappa shape index (κ3) is 1.50. The molecule has 0 aromatic heterocycles. The van der Waals surface area contributed by atoms with Gasteiger partial charge in [-0.15, -0.1) is 0 Å². The summed E-state index contributed by atoms with van der Waals surface area (Å²) in [5, 5.41) is 22.4. The number of nitrogens with zero attached hydrogens (tertiary/aromatic N) is 1. The fourth-order valence-corrected chi connectivity index (χ4v) is 5.64. The van der Waals surface area contributed by atoms with Crippen molar-refractivity contribution in [3.63, 3.8) is 0 Å². The quantitative estimate of drug-likeness (QED) is 0.599. The number of aliphatic hydroxyl groups is 2. The monoisotopic (exact) mass is 343 g/mol. The van der Waals surface area contributed by atoms with Crippen LogP contribution in [0.4, 0.5) is 0 Å². The van der Waals surface area contributed by atoms with Crippen molar-refractivity contribution in [3.8, 4) is 11.5 Å². The Morgan fingerprint density at radius 1 is 1.48 bits per heavy atom. The van der Waals surface area contributed by atoms with E-state index in [1.165, 1.54) is 7.11 Å². The molecule has 5 rings (SSSR count). The van der Waals surface area contributed by atoms with Gasteiger partial charge in [-0.05, 0) is 38.1 Å². The van der Waals surface area contributed by atoms with E-state index >= 15 is 0 Å². The maximum Gasteiger partial charge on any atom is 0.166 e. The van der Waals surface area contributed by atoms with Crippen LogP contribution in [-0.4, -0.2) is 66.0 Å². The summed E-state index contributed by atoms with van der Waals surface area (Å²) in [6.07, 6.45) is 4.04. The number of aliphatic hydroxyl groups excluding tert-OH is 1. The molecule has 2 heterocycles. The molecule has 2 aliphatic carbocycles. The van der Waals surface area contributed by atoms with Gasteiger partial charge in [-0.25, -0.2) is 0 Å². The zero-order valence-electron chi connectivity index (χ0n) is 14.2. The van der Waals surface area contributed by atoms with Crippen LogP contribution in [0.5, 0.6) is 11.5 Å². The van der Waals surface area contributed by atoms with Gasteiger partial charge in [-0.2, -0.15) is 0 Å². The number of carbonyl (C=O) groups is 1. The van der Waals surface area contributed by atoms with Gasteiger partial charge in [0, 0.05) is 17.2 Å². The summed E-state index contributed by atoms with van der Waals surface area (Å²) < 4.78 is 11.7. The predicted molar refractivity (Wildman–Crippen MR) is 89.3 cm³/mol. The molecule has 2 aliphatic heterocycles. The van der Waals surface area contributed by atoms with Crippen molar-refractivity contribution in [2.45, 2.75) is 42.1 Å². The minimum atomic E-state index is -1.14. The molecule has 2 bridgehead atoms. The Bertz CT molecular complexity index is 821. The SMILES string of the molecule is COc1cc(C=O)c2c3c1O[C@H]1[C@@H](O)C=C[C@@]4(O)[C@@H](C2)N(C)CC[C@]314. The second kappa shape index (κ2) is 4.63. The summed E-state index contributed by atoms with van der Waals surface area (Å²) in [6, 6.07) is 1.54. The van der Waals surface area contributed by atoms with Crippen LogP contribution >= 0.6 is 0 Å². The normalized spacial score (nSPS) is 40.4. The number of aldehydes is 1. The average molecular weight is 343 g/mol. The van der Waals surface area contributed by atoms with Crippen LogP contribution < -0.4 is 9.47 Å². The predicted octanol–water partition coefficient (Wildman–Crippen LogP) is 0.428. The average Bonchev–Trinajstić information content (AvgIpc) is 2.96. The third-order valence-electron chi connectivity index (χ3n) is 6.78. The Morgan fingerprint density at radius 2 is 2.28 bits per heavy atom. The lowest BCUT2D eigenvalue weighted by atomic mass is 9.50. The Balaban J connectivity index is 1.90. The van der Waals surface area contributed by atoms with Crippen LogP contribution in [0, 0.1) is 0 Å². The lowest BCUT2D eigenvalue weighted by molar-refractivity contribution is -0.151. The van der Waals surface area contributed by atoms with Crippen LogP contribution in [0.15, 0.2) is 18.2 Å². The molecule has 1 aromatic rings. The number of benzene rings is 1. The summed E-state index contributed by atoms with van der Waals surface area (Å²) in [4.78, 5) is 13.9. The fourth-order valence-electron chi connectivity index (χ4n) is 5.64. The van der Waals surface area contributed by atoms with Crippen molar-refractivity contribution in [3.05, 3.63) is 34.9 Å². The van der Waals surface area contributed by atoms with Crippen molar-refractivity contribution in [2.75, 3.05) is 20.7 Å². The number of likely N-dealkylation sites (tertiary alicyclic amines) is 1. The molecule has 1 aromatic carbocycles. The second-order valence-electron chi connectivity index (χ2n) is 7.60. The van der Waals surface area contributed by atoms with E-state index in [1.807, 2.05) is 7.05 Å². The number of likely N-dealkylation sites (N-methyl/N-ethyl adjacent to an activating group) is 1. The Labute approximate surface area is 145 Å². The molecule has 1 saturated heterocycles. The third-order valence-corrected chi connectivity index (χ3v) is 6.78. The number of methoxy groups -OCH3 is 1. The number of piperidine rings is 1. The van der Waals surface area contributed by atoms with E-state index < -0.39 is 23.2 Å². The first kappa shape index (κ1) is 15.4. The van der Waals surface area contributed by atoms with Crippen molar-refractivity contribution in [1.82, 2.24) is 4.90 Å². The van der Waals surface area contributed by atoms with E-state index in [1.54, 1.807) is 18.2 Å². The molecule has 4 aliphatic rings. The van der Waals surface area contributed by atoms with Gasteiger partial charge in [0.15, 0.2) is 11.5 Å². The molecule has 5 atom stereocenters. The van der Waals surface area contributed by atoms with Crippen LogP contribution in [0.2, 0.25) is 0 Å². The van der Waals surface area contributed by atoms with Gasteiger partial charge in [-0.1, -0.05) is 12.2 Å². The first-order chi connectivity index (χ1) is 12.0. The largest absolute Gasteiger partial charge is 0.493 e. The van der Waals surface area contributed by atoms with E-state index in [4.69, 9.17) is 9.47 Å². The Hall–Kier alpha value is -1.89. The van der Waals surface area contributed by atoms with Gasteiger partial charge in [0.05, 0.1) is 12.5 Å². The lowest BCUT2D eigenvalue weighted by Gasteiger charge is -2.61. The van der Waals surface area contributed by atoms with Gasteiger partial charge in [0.1, 0.15) is 24.1 Å². The van der Waals surface area contributed by atoms with Gasteiger partial charge in [-0.3, -0.25) is 9.69 Å². The summed E-state index contributed by atoms with van der Waals surface area (Å²) >= 11 is 0. The summed E-state index contributed by atoms with van der Waals surface area (Å²) in [7, 11) is 3.53. The maximum absolute atomic E-state index is 11.8. The zero-order valence-corrected chi connectivity index (χ0v) is 14.2. The minimum absolute atomic E-state index is 0.165. The van der Waals surface area contributed by atoms with E-state index in [-0.39, 0.29) is 6.04 Å². The molecule has 6 nitrogen and oxygen atoms in total. The van der Waals surface area contributed by atoms with Crippen molar-refractivity contribution >= 4 is 6.29 Å². The van der Waals surface area contributed by atoms with E-state index in [0.717, 1.165) is 24.0 Å². The molecule has 25 heavy (non-hydrogen) atoms. The molecule has 1 spiro atoms. The van der Waals surface area contributed by atoms with Gasteiger partial charge < -0.3 is 19.7 Å². The van der Waals surface area contributed by atoms with Gasteiger partial charge in [0.2, 0.25) is 0 Å². The first-order valence-corrected chi connectivity index (χ1v) is 8.64. The number of ether oxygens (including phenoxy) is 2. The van der Waals surface area contributed by atoms with Crippen LogP contribution in [-0.2, 0) is 11.8 Å². The molecular weight excluding hydrogens is 322 g/mol. The highest BCUT2D eigenvalue weighted by Crippen LogP contribution is 2.64. The molecular formula is C19H21NO5. The molecule has 132 valence electrons. The Morgan fingerprint density at radius 3 is 3.00 bits per heavy atom. The fraction of sp³-hybridized carbons (Fsp3) is 0.526. The highest BCUT2D eigenvalue weighted by Gasteiger charge is 2.71. The molecule has 0 amide bonds. The zero-order chi connectivity index (χ0) is 17.6. The standard InChI is InChI=1S/C19H21NO5/c1-20-6-5-18-15-11-8-14(20)19(18,23)4-3-12(22)17(18)25-16(15)13(24-2)7-10(11)9-21/h3-4,7,9,12,14,17,22-23H,5-6,8H2,1-2H3/t12-,14+,17-,18-,19+/m0/s1. The molecule has 1 fully saturated rings. The number of carbonyl (C=O) groups excluding carboxylic acids is 1. The number of hydrogen-bond donors (Lipinski definition) is 2. The van der Waals surface area contributed by atoms with Gasteiger partial charge >= 0.3 is 0 Å².